The summed E-state index contributed by atoms with van der Waals surface area (Å²) in [6.07, 6.45) is 0.186. The maximum absolute atomic E-state index is 10.5. The van der Waals surface area contributed by atoms with Crippen LogP contribution in [0.15, 0.2) is 0 Å². The van der Waals surface area contributed by atoms with E-state index >= 15 is 0 Å². The highest BCUT2D eigenvalue weighted by Crippen LogP contribution is 2.20. The first-order valence-electron chi connectivity index (χ1n) is 4.09. The van der Waals surface area contributed by atoms with Gasteiger partial charge in [-0.1, -0.05) is 11.6 Å². The molecule has 0 unspecified atom stereocenters. The number of aliphatic carboxylic acids is 1. The molecule has 0 aliphatic carbocycles. The van der Waals surface area contributed by atoms with Gasteiger partial charge in [0.2, 0.25) is 0 Å². The molecule has 1 aromatic heterocycles. The third-order valence-corrected chi connectivity index (χ3v) is 2.48. The lowest BCUT2D eigenvalue weighted by molar-refractivity contribution is -0.138. The number of aryl methyl sites for hydroxylation is 2. The SMILES string of the molecule is Cc1nn(C)c(C[C@@H](N)C(=O)O)c1Cl. The first kappa shape index (κ1) is 11.0. The third-order valence-electron chi connectivity index (χ3n) is 1.99. The molecular weight excluding hydrogens is 206 g/mol. The topological polar surface area (TPSA) is 81.1 Å². The highest BCUT2D eigenvalue weighted by Gasteiger charge is 2.18. The predicted molar refractivity (Wildman–Crippen MR) is 52.3 cm³/mol. The van der Waals surface area contributed by atoms with Crippen LogP contribution >= 0.6 is 11.6 Å². The van der Waals surface area contributed by atoms with Gasteiger partial charge in [-0.2, -0.15) is 5.10 Å². The van der Waals surface area contributed by atoms with Crippen molar-refractivity contribution in [1.82, 2.24) is 9.78 Å². The molecule has 0 saturated carbocycles. The molecule has 78 valence electrons. The summed E-state index contributed by atoms with van der Waals surface area (Å²) < 4.78 is 1.56. The molecule has 3 N–H and O–H groups in total. The Kier molecular flexibility index (Phi) is 3.13. The number of rotatable bonds is 3. The molecule has 0 amide bonds. The van der Waals surface area contributed by atoms with Gasteiger partial charge in [-0.3, -0.25) is 9.48 Å². The number of carbonyl (C=O) groups is 1. The normalized spacial score (nSPS) is 12.9. The van der Waals surface area contributed by atoms with E-state index in [-0.39, 0.29) is 6.42 Å². The summed E-state index contributed by atoms with van der Waals surface area (Å²) in [5.74, 6) is -1.04. The van der Waals surface area contributed by atoms with E-state index in [1.165, 1.54) is 0 Å². The van der Waals surface area contributed by atoms with Gasteiger partial charge in [0.25, 0.3) is 0 Å². The zero-order chi connectivity index (χ0) is 10.9. The van der Waals surface area contributed by atoms with Crippen LogP contribution in [0.3, 0.4) is 0 Å². The standard InChI is InChI=1S/C8H12ClN3O2/c1-4-7(9)6(12(2)11-4)3-5(10)8(13)14/h5H,3,10H2,1-2H3,(H,13,14)/t5-/m1/s1. The molecule has 0 saturated heterocycles. The van der Waals surface area contributed by atoms with Gasteiger partial charge < -0.3 is 10.8 Å². The molecule has 5 nitrogen and oxygen atoms in total. The minimum Gasteiger partial charge on any atom is -0.480 e. The number of carboxylic acid groups (broad SMARTS) is 1. The average molecular weight is 218 g/mol. The molecule has 1 heterocycles. The second-order valence-electron chi connectivity index (χ2n) is 3.12. The van der Waals surface area contributed by atoms with Crippen molar-refractivity contribution in [3.63, 3.8) is 0 Å². The summed E-state index contributed by atoms with van der Waals surface area (Å²) in [4.78, 5) is 10.5. The number of nitrogens with two attached hydrogens (primary N) is 1. The smallest absolute Gasteiger partial charge is 0.320 e. The Morgan fingerprint density at radius 3 is 2.71 bits per heavy atom. The van der Waals surface area contributed by atoms with Crippen LogP contribution in [-0.4, -0.2) is 26.9 Å². The Labute approximate surface area is 86.5 Å². The molecule has 6 heteroatoms. The molecule has 14 heavy (non-hydrogen) atoms. The fourth-order valence-corrected chi connectivity index (χ4v) is 1.43. The molecule has 1 rings (SSSR count). The van der Waals surface area contributed by atoms with Crippen molar-refractivity contribution >= 4 is 17.6 Å². The van der Waals surface area contributed by atoms with Gasteiger partial charge in [-0.05, 0) is 6.92 Å². The summed E-state index contributed by atoms with van der Waals surface area (Å²) in [6, 6.07) is -0.942. The Morgan fingerprint density at radius 2 is 2.36 bits per heavy atom. The fourth-order valence-electron chi connectivity index (χ4n) is 1.20. The number of aromatic nitrogens is 2. The van der Waals surface area contributed by atoms with Gasteiger partial charge in [0.1, 0.15) is 6.04 Å². The van der Waals surface area contributed by atoms with Crippen molar-refractivity contribution in [2.75, 3.05) is 0 Å². The van der Waals surface area contributed by atoms with Crippen LogP contribution in [0.4, 0.5) is 0 Å². The minimum absolute atomic E-state index is 0.186. The van der Waals surface area contributed by atoms with Gasteiger partial charge in [0, 0.05) is 13.5 Å². The quantitative estimate of drug-likeness (QED) is 0.765. The lowest BCUT2D eigenvalue weighted by Gasteiger charge is -2.06. The lowest BCUT2D eigenvalue weighted by atomic mass is 10.1. The fraction of sp³-hybridized carbons (Fsp3) is 0.500. The summed E-state index contributed by atoms with van der Waals surface area (Å²) in [5.41, 5.74) is 6.73. The Morgan fingerprint density at radius 1 is 1.79 bits per heavy atom. The van der Waals surface area contributed by atoms with Crippen LogP contribution < -0.4 is 5.73 Å². The van der Waals surface area contributed by atoms with E-state index in [2.05, 4.69) is 5.10 Å². The zero-order valence-corrected chi connectivity index (χ0v) is 8.75. The van der Waals surface area contributed by atoms with Crippen LogP contribution in [0.2, 0.25) is 5.02 Å². The molecule has 0 radical (unpaired) electrons. The van der Waals surface area contributed by atoms with Gasteiger partial charge in [-0.15, -0.1) is 0 Å². The average Bonchev–Trinajstić information content (AvgIpc) is 2.32. The van der Waals surface area contributed by atoms with Crippen LogP contribution in [0.1, 0.15) is 11.4 Å². The van der Waals surface area contributed by atoms with E-state index in [4.69, 9.17) is 22.4 Å². The first-order chi connectivity index (χ1) is 6.43. The molecule has 1 atom stereocenters. The second kappa shape index (κ2) is 3.98. The van der Waals surface area contributed by atoms with Crippen LogP contribution in [0, 0.1) is 6.92 Å². The number of carboxylic acids is 1. The summed E-state index contributed by atoms with van der Waals surface area (Å²) >= 11 is 5.93. The number of hydrogen-bond acceptors (Lipinski definition) is 3. The van der Waals surface area contributed by atoms with E-state index < -0.39 is 12.0 Å². The largest absolute Gasteiger partial charge is 0.480 e. The van der Waals surface area contributed by atoms with Crippen LogP contribution in [0.5, 0.6) is 0 Å². The van der Waals surface area contributed by atoms with Gasteiger partial charge >= 0.3 is 5.97 Å². The van der Waals surface area contributed by atoms with Crippen molar-refractivity contribution in [1.29, 1.82) is 0 Å². The van der Waals surface area contributed by atoms with E-state index in [0.717, 1.165) is 0 Å². The second-order valence-corrected chi connectivity index (χ2v) is 3.50. The highest BCUT2D eigenvalue weighted by atomic mass is 35.5. The van der Waals surface area contributed by atoms with Crippen molar-refractivity contribution in [3.8, 4) is 0 Å². The monoisotopic (exact) mass is 217 g/mol. The highest BCUT2D eigenvalue weighted by molar-refractivity contribution is 6.31. The zero-order valence-electron chi connectivity index (χ0n) is 7.99. The summed E-state index contributed by atoms with van der Waals surface area (Å²) in [7, 11) is 1.71. The predicted octanol–water partition coefficient (Wildman–Crippen LogP) is 0.336. The van der Waals surface area contributed by atoms with Crippen molar-refractivity contribution < 1.29 is 9.90 Å². The van der Waals surface area contributed by atoms with E-state index in [1.807, 2.05) is 0 Å². The molecule has 1 aromatic rings. The van der Waals surface area contributed by atoms with Gasteiger partial charge in [-0.25, -0.2) is 0 Å². The molecule has 0 spiro atoms. The summed E-state index contributed by atoms with van der Waals surface area (Å²) in [6.45, 7) is 1.76. The van der Waals surface area contributed by atoms with Crippen molar-refractivity contribution in [2.45, 2.75) is 19.4 Å². The Hall–Kier alpha value is -1.07. The first-order valence-corrected chi connectivity index (χ1v) is 4.47. The van der Waals surface area contributed by atoms with Crippen LogP contribution in [0.25, 0.3) is 0 Å². The van der Waals surface area contributed by atoms with Gasteiger partial charge in [0.05, 0.1) is 16.4 Å². The Balaban J connectivity index is 2.91. The maximum Gasteiger partial charge on any atom is 0.320 e. The van der Waals surface area contributed by atoms with E-state index in [9.17, 15) is 4.79 Å². The molecule has 0 aliphatic heterocycles. The molecule has 0 bridgehead atoms. The number of nitrogens with zero attached hydrogens (tertiary/aromatic N) is 2. The van der Waals surface area contributed by atoms with Gasteiger partial charge in [0.15, 0.2) is 0 Å². The van der Waals surface area contributed by atoms with E-state index in [0.29, 0.717) is 16.4 Å². The van der Waals surface area contributed by atoms with Crippen LogP contribution in [-0.2, 0) is 18.3 Å². The summed E-state index contributed by atoms with van der Waals surface area (Å²) in [5, 5.41) is 13.2. The maximum atomic E-state index is 10.5. The lowest BCUT2D eigenvalue weighted by Crippen LogP contribution is -2.33. The molecule has 0 aromatic carbocycles. The molecular formula is C8H12ClN3O2. The van der Waals surface area contributed by atoms with Crippen molar-refractivity contribution in [3.05, 3.63) is 16.4 Å². The third kappa shape index (κ3) is 2.05. The number of hydrogen-bond donors (Lipinski definition) is 2. The van der Waals surface area contributed by atoms with E-state index in [1.54, 1.807) is 18.7 Å². The molecule has 0 fully saturated rings. The minimum atomic E-state index is -1.04. The molecule has 0 aliphatic rings. The Bertz CT molecular complexity index is 362. The van der Waals surface area contributed by atoms with Crippen molar-refractivity contribution in [2.24, 2.45) is 12.8 Å². The number of halogens is 1.